The Morgan fingerprint density at radius 3 is 2.21 bits per heavy atom. The van der Waals surface area contributed by atoms with Gasteiger partial charge in [0.2, 0.25) is 0 Å². The van der Waals surface area contributed by atoms with Crippen LogP contribution in [-0.2, 0) is 24.3 Å². The van der Waals surface area contributed by atoms with Crippen LogP contribution in [0.3, 0.4) is 0 Å². The summed E-state index contributed by atoms with van der Waals surface area (Å²) in [6.07, 6.45) is -0.263. The number of halogens is 1. The highest BCUT2D eigenvalue weighted by atomic mass is 19.1. The lowest BCUT2D eigenvalue weighted by molar-refractivity contribution is -0.136. The number of rotatable bonds is 5. The summed E-state index contributed by atoms with van der Waals surface area (Å²) >= 11 is 0. The summed E-state index contributed by atoms with van der Waals surface area (Å²) < 4.78 is 13.6. The number of amides is 2. The summed E-state index contributed by atoms with van der Waals surface area (Å²) in [5, 5.41) is 12.5. The van der Waals surface area contributed by atoms with E-state index >= 15 is 0 Å². The summed E-state index contributed by atoms with van der Waals surface area (Å²) in [4.78, 5) is 39.2. The van der Waals surface area contributed by atoms with Crippen molar-refractivity contribution < 1.29 is 23.9 Å². The molecule has 174 valence electrons. The molecule has 0 aromatic heterocycles. The number of nitrogens with zero attached hydrogens (tertiary/aromatic N) is 1. The third-order valence-corrected chi connectivity index (χ3v) is 6.34. The molecule has 1 heterocycles. The predicted molar refractivity (Wildman–Crippen MR) is 126 cm³/mol. The molecule has 0 fully saturated rings. The number of fused-ring (bicyclic) bond motifs is 1. The van der Waals surface area contributed by atoms with Gasteiger partial charge in [-0.2, -0.15) is 0 Å². The van der Waals surface area contributed by atoms with Gasteiger partial charge >= 0.3 is 5.97 Å². The zero-order valence-corrected chi connectivity index (χ0v) is 19.2. The van der Waals surface area contributed by atoms with E-state index in [9.17, 15) is 23.9 Å². The average molecular weight is 461 g/mol. The van der Waals surface area contributed by atoms with Crippen LogP contribution in [0.2, 0.25) is 0 Å². The third-order valence-electron chi connectivity index (χ3n) is 6.34. The van der Waals surface area contributed by atoms with Gasteiger partial charge in [-0.05, 0) is 78.9 Å². The minimum Gasteiger partial charge on any atom is -0.481 e. The fraction of sp³-hybridized carbons (Fsp3) is 0.222. The van der Waals surface area contributed by atoms with Crippen LogP contribution in [0.15, 0.2) is 48.5 Å². The lowest BCUT2D eigenvalue weighted by atomic mass is 9.90. The maximum atomic E-state index is 13.6. The molecule has 4 rings (SSSR count). The van der Waals surface area contributed by atoms with Crippen molar-refractivity contribution in [3.05, 3.63) is 98.9 Å². The van der Waals surface area contributed by atoms with Gasteiger partial charge in [0.05, 0.1) is 6.42 Å². The Hall–Kier alpha value is -4.00. The lowest BCUT2D eigenvalue weighted by Gasteiger charge is -2.20. The van der Waals surface area contributed by atoms with Crippen LogP contribution in [0.4, 0.5) is 10.1 Å². The number of aryl methyl sites for hydroxylation is 1. The van der Waals surface area contributed by atoms with Gasteiger partial charge in [-0.15, -0.1) is 0 Å². The van der Waals surface area contributed by atoms with E-state index in [1.54, 1.807) is 23.1 Å². The number of nitrogens with one attached hydrogen (secondary N) is 1. The van der Waals surface area contributed by atoms with E-state index in [2.05, 4.69) is 5.32 Å². The largest absolute Gasteiger partial charge is 0.481 e. The minimum absolute atomic E-state index is 0.252. The number of carbonyl (C=O) groups excluding carboxylic acids is 2. The molecule has 3 aromatic carbocycles. The van der Waals surface area contributed by atoms with Crippen LogP contribution >= 0.6 is 0 Å². The van der Waals surface area contributed by atoms with Gasteiger partial charge in [0, 0.05) is 29.9 Å². The molecule has 6 nitrogen and oxygen atoms in total. The van der Waals surface area contributed by atoms with E-state index in [1.165, 1.54) is 18.2 Å². The summed E-state index contributed by atoms with van der Waals surface area (Å²) in [7, 11) is 0. The highest BCUT2D eigenvalue weighted by Gasteiger charge is 2.31. The minimum atomic E-state index is -1.01. The molecule has 1 aliphatic heterocycles. The summed E-state index contributed by atoms with van der Waals surface area (Å²) in [5.41, 5.74) is 5.92. The lowest BCUT2D eigenvalue weighted by Crippen LogP contribution is -2.25. The Balaban J connectivity index is 1.72. The molecular formula is C27H25FN2O4. The second-order valence-corrected chi connectivity index (χ2v) is 8.62. The zero-order chi connectivity index (χ0) is 24.6. The fourth-order valence-electron chi connectivity index (χ4n) is 4.44. The number of aliphatic carboxylic acids is 1. The second-order valence-electron chi connectivity index (χ2n) is 8.62. The number of hydrogen-bond acceptors (Lipinski definition) is 3. The standard InChI is InChI=1S/C27H25FN2O4/c1-15-7-9-18(10-8-15)26(33)29-25-17(3)23-14-30(27(34)19-5-4-6-20(28)11-19)13-22(23)16(2)21(25)12-24(31)32/h4-11H,12-14H2,1-3H3,(H,29,33)(H,31,32). The molecule has 0 bridgehead atoms. The highest BCUT2D eigenvalue weighted by molar-refractivity contribution is 6.05. The van der Waals surface area contributed by atoms with Crippen molar-refractivity contribution in [2.24, 2.45) is 0 Å². The summed E-state index contributed by atoms with van der Waals surface area (Å²) in [5.74, 6) is -2.14. The van der Waals surface area contributed by atoms with Crippen molar-refractivity contribution in [2.45, 2.75) is 40.3 Å². The molecule has 0 saturated carbocycles. The maximum absolute atomic E-state index is 13.6. The monoisotopic (exact) mass is 460 g/mol. The molecular weight excluding hydrogens is 435 g/mol. The number of carboxylic acid groups (broad SMARTS) is 1. The molecule has 0 spiro atoms. The molecule has 0 radical (unpaired) electrons. The Kier molecular flexibility index (Phi) is 6.20. The Morgan fingerprint density at radius 2 is 1.59 bits per heavy atom. The van der Waals surface area contributed by atoms with E-state index in [0.29, 0.717) is 16.8 Å². The van der Waals surface area contributed by atoms with Crippen molar-refractivity contribution in [2.75, 3.05) is 5.32 Å². The summed E-state index contributed by atoms with van der Waals surface area (Å²) in [6.45, 7) is 6.14. The van der Waals surface area contributed by atoms with Crippen LogP contribution in [0.25, 0.3) is 0 Å². The van der Waals surface area contributed by atoms with Crippen LogP contribution < -0.4 is 5.32 Å². The molecule has 0 saturated heterocycles. The predicted octanol–water partition coefficient (Wildman–Crippen LogP) is 4.79. The maximum Gasteiger partial charge on any atom is 0.307 e. The molecule has 0 unspecified atom stereocenters. The first-order chi connectivity index (χ1) is 16.2. The first-order valence-corrected chi connectivity index (χ1v) is 10.9. The molecule has 1 aliphatic rings. The first-order valence-electron chi connectivity index (χ1n) is 10.9. The van der Waals surface area contributed by atoms with Crippen molar-refractivity contribution in [1.29, 1.82) is 0 Å². The fourth-order valence-corrected chi connectivity index (χ4v) is 4.44. The summed E-state index contributed by atoms with van der Waals surface area (Å²) in [6, 6.07) is 12.7. The topological polar surface area (TPSA) is 86.7 Å². The van der Waals surface area contributed by atoms with E-state index < -0.39 is 11.8 Å². The number of carbonyl (C=O) groups is 3. The van der Waals surface area contributed by atoms with Crippen LogP contribution in [0.5, 0.6) is 0 Å². The van der Waals surface area contributed by atoms with E-state index in [4.69, 9.17) is 0 Å². The number of hydrogen-bond donors (Lipinski definition) is 2. The van der Waals surface area contributed by atoms with Crippen molar-refractivity contribution in [1.82, 2.24) is 4.90 Å². The number of anilines is 1. The van der Waals surface area contributed by atoms with Gasteiger partial charge in [0.25, 0.3) is 11.8 Å². The van der Waals surface area contributed by atoms with E-state index in [-0.39, 0.29) is 36.9 Å². The average Bonchev–Trinajstić information content (AvgIpc) is 3.25. The molecule has 34 heavy (non-hydrogen) atoms. The Morgan fingerprint density at radius 1 is 0.941 bits per heavy atom. The van der Waals surface area contributed by atoms with Gasteiger partial charge in [-0.25, -0.2) is 4.39 Å². The van der Waals surface area contributed by atoms with E-state index in [0.717, 1.165) is 27.8 Å². The van der Waals surface area contributed by atoms with Gasteiger partial charge in [-0.3, -0.25) is 14.4 Å². The first kappa shape index (κ1) is 23.2. The molecule has 2 amide bonds. The van der Waals surface area contributed by atoms with Crippen molar-refractivity contribution in [3.8, 4) is 0 Å². The van der Waals surface area contributed by atoms with Crippen LogP contribution in [-0.4, -0.2) is 27.8 Å². The number of carboxylic acids is 1. The van der Waals surface area contributed by atoms with Gasteiger partial charge in [0.1, 0.15) is 5.82 Å². The molecule has 2 N–H and O–H groups in total. The molecule has 0 aliphatic carbocycles. The zero-order valence-electron chi connectivity index (χ0n) is 19.2. The number of benzene rings is 3. The third kappa shape index (κ3) is 4.41. The molecule has 7 heteroatoms. The van der Waals surface area contributed by atoms with Crippen molar-refractivity contribution >= 4 is 23.5 Å². The molecule has 0 atom stereocenters. The Bertz CT molecular complexity index is 1320. The van der Waals surface area contributed by atoms with Gasteiger partial charge in [0.15, 0.2) is 0 Å². The van der Waals surface area contributed by atoms with E-state index in [1.807, 2.05) is 32.9 Å². The van der Waals surface area contributed by atoms with Crippen LogP contribution in [0, 0.1) is 26.6 Å². The normalized spacial score (nSPS) is 12.4. The highest BCUT2D eigenvalue weighted by Crippen LogP contribution is 2.38. The van der Waals surface area contributed by atoms with Crippen molar-refractivity contribution in [3.63, 3.8) is 0 Å². The quantitative estimate of drug-likeness (QED) is 0.573. The Labute approximate surface area is 197 Å². The SMILES string of the molecule is Cc1ccc(C(=O)Nc2c(C)c3c(c(C)c2CC(=O)O)CN(C(=O)c2cccc(F)c2)C3)cc1. The smallest absolute Gasteiger partial charge is 0.307 e. The second kappa shape index (κ2) is 9.09. The molecule has 3 aromatic rings. The van der Waals surface area contributed by atoms with Gasteiger partial charge in [-0.1, -0.05) is 23.8 Å². The van der Waals surface area contributed by atoms with Crippen LogP contribution in [0.1, 0.15) is 54.1 Å². The van der Waals surface area contributed by atoms with Gasteiger partial charge < -0.3 is 15.3 Å².